The molecule has 0 aliphatic heterocycles. The average molecular weight is 297 g/mol. The zero-order valence-electron chi connectivity index (χ0n) is 13.4. The van der Waals surface area contributed by atoms with Crippen LogP contribution in [0.5, 0.6) is 0 Å². The third-order valence-electron chi connectivity index (χ3n) is 3.06. The summed E-state index contributed by atoms with van der Waals surface area (Å²) in [6.45, 7) is 8.84. The highest BCUT2D eigenvalue weighted by atomic mass is 16.6. The number of carboxylic acids is 1. The van der Waals surface area contributed by atoms with Gasteiger partial charge in [0.15, 0.2) is 0 Å². The molecule has 1 unspecified atom stereocenters. The van der Waals surface area contributed by atoms with Crippen LogP contribution in [0.15, 0.2) is 0 Å². The van der Waals surface area contributed by atoms with E-state index in [9.17, 15) is 14.7 Å². The van der Waals surface area contributed by atoms with Gasteiger partial charge in [-0.25, -0.2) is 9.59 Å². The van der Waals surface area contributed by atoms with Gasteiger partial charge >= 0.3 is 12.1 Å². The quantitative estimate of drug-likeness (QED) is 0.879. The van der Waals surface area contributed by atoms with Crippen LogP contribution in [-0.2, 0) is 23.0 Å². The Hall–Kier alpha value is -2.05. The summed E-state index contributed by atoms with van der Waals surface area (Å²) >= 11 is 0. The van der Waals surface area contributed by atoms with Crippen molar-refractivity contribution in [1.82, 2.24) is 15.1 Å². The lowest BCUT2D eigenvalue weighted by Gasteiger charge is -2.22. The van der Waals surface area contributed by atoms with Crippen LogP contribution >= 0.6 is 0 Å². The van der Waals surface area contributed by atoms with Crippen LogP contribution in [0.3, 0.4) is 0 Å². The van der Waals surface area contributed by atoms with Crippen LogP contribution < -0.4 is 5.32 Å². The second-order valence-corrected chi connectivity index (χ2v) is 6.01. The van der Waals surface area contributed by atoms with Gasteiger partial charge in [-0.1, -0.05) is 0 Å². The Kier molecular flexibility index (Phi) is 4.98. The van der Waals surface area contributed by atoms with Crippen molar-refractivity contribution >= 4 is 12.1 Å². The first-order valence-corrected chi connectivity index (χ1v) is 6.72. The van der Waals surface area contributed by atoms with Crippen LogP contribution in [0.25, 0.3) is 0 Å². The monoisotopic (exact) mass is 297 g/mol. The summed E-state index contributed by atoms with van der Waals surface area (Å²) in [4.78, 5) is 23.1. The molecular formula is C14H23N3O4. The number of nitrogens with one attached hydrogen (secondary N) is 1. The van der Waals surface area contributed by atoms with Crippen molar-refractivity contribution in [3.8, 4) is 0 Å². The van der Waals surface area contributed by atoms with Crippen molar-refractivity contribution < 1.29 is 19.4 Å². The molecule has 1 aromatic heterocycles. The van der Waals surface area contributed by atoms with Gasteiger partial charge in [0.05, 0.1) is 5.69 Å². The lowest BCUT2D eigenvalue weighted by atomic mass is 10.0. The number of alkyl carbamates (subject to hydrolysis) is 1. The van der Waals surface area contributed by atoms with Gasteiger partial charge in [0.1, 0.15) is 11.6 Å². The number of rotatable bonds is 4. The molecule has 0 aromatic carbocycles. The molecule has 21 heavy (non-hydrogen) atoms. The molecule has 1 aromatic rings. The number of amides is 1. The van der Waals surface area contributed by atoms with E-state index < -0.39 is 23.7 Å². The molecule has 0 saturated heterocycles. The van der Waals surface area contributed by atoms with E-state index in [0.29, 0.717) is 0 Å². The van der Waals surface area contributed by atoms with E-state index in [1.165, 1.54) is 0 Å². The molecular weight excluding hydrogens is 274 g/mol. The third kappa shape index (κ3) is 4.77. The molecule has 118 valence electrons. The SMILES string of the molecule is Cc1nn(C)c(C)c1CC(NC(=O)OC(C)(C)C)C(=O)O. The summed E-state index contributed by atoms with van der Waals surface area (Å²) in [6, 6.07) is -1.05. The normalized spacial score (nSPS) is 12.9. The van der Waals surface area contributed by atoms with Crippen molar-refractivity contribution in [2.45, 2.75) is 52.7 Å². The summed E-state index contributed by atoms with van der Waals surface area (Å²) in [5.41, 5.74) is 1.78. The Morgan fingerprint density at radius 1 is 1.38 bits per heavy atom. The Morgan fingerprint density at radius 2 is 1.95 bits per heavy atom. The van der Waals surface area contributed by atoms with Crippen molar-refractivity contribution in [3.05, 3.63) is 17.0 Å². The fraction of sp³-hybridized carbons (Fsp3) is 0.643. The highest BCUT2D eigenvalue weighted by Gasteiger charge is 2.26. The van der Waals surface area contributed by atoms with E-state index in [0.717, 1.165) is 17.0 Å². The first-order chi connectivity index (χ1) is 9.51. The lowest BCUT2D eigenvalue weighted by molar-refractivity contribution is -0.139. The van der Waals surface area contributed by atoms with Gasteiger partial charge in [-0.15, -0.1) is 0 Å². The standard InChI is InChI=1S/C14H23N3O4/c1-8-10(9(2)17(6)16-8)7-11(12(18)19)15-13(20)21-14(3,4)5/h11H,7H2,1-6H3,(H,15,20)(H,18,19). The number of carbonyl (C=O) groups excluding carboxylic acids is 1. The number of carboxylic acid groups (broad SMARTS) is 1. The molecule has 0 saturated carbocycles. The summed E-state index contributed by atoms with van der Waals surface area (Å²) in [5.74, 6) is -1.11. The molecule has 0 aliphatic carbocycles. The second-order valence-electron chi connectivity index (χ2n) is 6.01. The molecule has 1 rings (SSSR count). The first-order valence-electron chi connectivity index (χ1n) is 6.72. The molecule has 0 bridgehead atoms. The number of carbonyl (C=O) groups is 2. The fourth-order valence-corrected chi connectivity index (χ4v) is 1.97. The molecule has 1 heterocycles. The smallest absolute Gasteiger partial charge is 0.408 e. The predicted octanol–water partition coefficient (Wildman–Crippen LogP) is 1.56. The number of aryl methyl sites for hydroxylation is 2. The van der Waals surface area contributed by atoms with Gasteiger partial charge in [0.25, 0.3) is 0 Å². The lowest BCUT2D eigenvalue weighted by Crippen LogP contribution is -2.44. The molecule has 1 amide bonds. The van der Waals surface area contributed by atoms with Crippen LogP contribution in [0.2, 0.25) is 0 Å². The summed E-state index contributed by atoms with van der Waals surface area (Å²) in [6.07, 6.45) is -0.575. The Morgan fingerprint density at radius 3 is 2.33 bits per heavy atom. The maximum Gasteiger partial charge on any atom is 0.408 e. The zero-order valence-corrected chi connectivity index (χ0v) is 13.4. The number of ether oxygens (including phenoxy) is 1. The number of aromatic nitrogens is 2. The molecule has 0 aliphatic rings. The third-order valence-corrected chi connectivity index (χ3v) is 3.06. The van der Waals surface area contributed by atoms with Crippen molar-refractivity contribution in [2.24, 2.45) is 7.05 Å². The highest BCUT2D eigenvalue weighted by molar-refractivity contribution is 5.80. The first kappa shape index (κ1) is 17.0. The number of hydrogen-bond donors (Lipinski definition) is 2. The summed E-state index contributed by atoms with van der Waals surface area (Å²) in [7, 11) is 1.79. The molecule has 2 N–H and O–H groups in total. The van der Waals surface area contributed by atoms with E-state index >= 15 is 0 Å². The molecule has 0 spiro atoms. The fourth-order valence-electron chi connectivity index (χ4n) is 1.97. The van der Waals surface area contributed by atoms with Crippen LogP contribution in [0, 0.1) is 13.8 Å². The molecule has 0 fully saturated rings. The predicted molar refractivity (Wildman–Crippen MR) is 77.2 cm³/mol. The molecule has 7 nitrogen and oxygen atoms in total. The van der Waals surface area contributed by atoms with Gasteiger partial charge in [-0.2, -0.15) is 5.10 Å². The molecule has 1 atom stereocenters. The van der Waals surface area contributed by atoms with Gasteiger partial charge in [0, 0.05) is 19.2 Å². The van der Waals surface area contributed by atoms with Crippen molar-refractivity contribution in [3.63, 3.8) is 0 Å². The van der Waals surface area contributed by atoms with E-state index in [2.05, 4.69) is 10.4 Å². The maximum absolute atomic E-state index is 11.7. The van der Waals surface area contributed by atoms with E-state index in [1.54, 1.807) is 32.5 Å². The van der Waals surface area contributed by atoms with Gasteiger partial charge in [0.2, 0.25) is 0 Å². The van der Waals surface area contributed by atoms with Gasteiger partial charge < -0.3 is 15.2 Å². The second kappa shape index (κ2) is 6.15. The summed E-state index contributed by atoms with van der Waals surface area (Å²) in [5, 5.41) is 15.9. The molecule has 0 radical (unpaired) electrons. The van der Waals surface area contributed by atoms with Crippen LogP contribution in [0.4, 0.5) is 4.79 Å². The maximum atomic E-state index is 11.7. The Bertz CT molecular complexity index is 543. The van der Waals surface area contributed by atoms with Crippen molar-refractivity contribution in [2.75, 3.05) is 0 Å². The average Bonchev–Trinajstić information content (AvgIpc) is 2.52. The van der Waals surface area contributed by atoms with Gasteiger partial charge in [-0.05, 0) is 40.2 Å². The Labute approximate surface area is 124 Å². The molecule has 7 heteroatoms. The minimum atomic E-state index is -1.11. The van der Waals surface area contributed by atoms with Crippen molar-refractivity contribution in [1.29, 1.82) is 0 Å². The van der Waals surface area contributed by atoms with Gasteiger partial charge in [-0.3, -0.25) is 4.68 Å². The summed E-state index contributed by atoms with van der Waals surface area (Å²) < 4.78 is 6.78. The van der Waals surface area contributed by atoms with Crippen LogP contribution in [-0.4, -0.2) is 38.6 Å². The number of nitrogens with zero attached hydrogens (tertiary/aromatic N) is 2. The number of hydrogen-bond acceptors (Lipinski definition) is 4. The minimum Gasteiger partial charge on any atom is -0.480 e. The van der Waals surface area contributed by atoms with E-state index in [4.69, 9.17) is 4.74 Å². The number of aliphatic carboxylic acids is 1. The van der Waals surface area contributed by atoms with Crippen LogP contribution in [0.1, 0.15) is 37.7 Å². The zero-order chi connectivity index (χ0) is 16.4. The Balaban J connectivity index is 2.84. The highest BCUT2D eigenvalue weighted by Crippen LogP contribution is 2.15. The largest absolute Gasteiger partial charge is 0.480 e. The topological polar surface area (TPSA) is 93.5 Å². The minimum absolute atomic E-state index is 0.167. The van der Waals surface area contributed by atoms with E-state index in [1.807, 2.05) is 13.8 Å². The van der Waals surface area contributed by atoms with E-state index in [-0.39, 0.29) is 6.42 Å².